The lowest BCUT2D eigenvalue weighted by Crippen LogP contribution is -2.18. The largest absolute Gasteiger partial charge is 0.468 e. The maximum Gasteiger partial charge on any atom is 0.260 e. The highest BCUT2D eigenvalue weighted by molar-refractivity contribution is 6.04. The summed E-state index contributed by atoms with van der Waals surface area (Å²) in [6, 6.07) is 0. The zero-order valence-electron chi connectivity index (χ0n) is 13.0. The van der Waals surface area contributed by atoms with Gasteiger partial charge in [0.05, 0.1) is 18.0 Å². The average Bonchev–Trinajstić information content (AvgIpc) is 3.10. The molecule has 6 heteroatoms. The highest BCUT2D eigenvalue weighted by atomic mass is 16.3. The van der Waals surface area contributed by atoms with Gasteiger partial charge in [-0.1, -0.05) is 6.42 Å². The van der Waals surface area contributed by atoms with Gasteiger partial charge >= 0.3 is 0 Å². The minimum Gasteiger partial charge on any atom is -0.468 e. The van der Waals surface area contributed by atoms with Gasteiger partial charge in [-0.3, -0.25) is 4.79 Å². The lowest BCUT2D eigenvalue weighted by molar-refractivity contribution is 0.101. The van der Waals surface area contributed by atoms with Gasteiger partial charge in [-0.2, -0.15) is 0 Å². The Morgan fingerprint density at radius 2 is 2.26 bits per heavy atom. The third kappa shape index (κ3) is 2.79. The highest BCUT2D eigenvalue weighted by Gasteiger charge is 2.28. The molecule has 0 spiro atoms. The van der Waals surface area contributed by atoms with E-state index in [1.165, 1.54) is 25.5 Å². The summed E-state index contributed by atoms with van der Waals surface area (Å²) in [5.74, 6) is 1.73. The summed E-state index contributed by atoms with van der Waals surface area (Å²) < 4.78 is 7.48. The van der Waals surface area contributed by atoms with Crippen molar-refractivity contribution in [1.82, 2.24) is 9.55 Å². The molecule has 0 aromatic carbocycles. The number of aliphatic hydroxyl groups is 1. The van der Waals surface area contributed by atoms with Gasteiger partial charge in [0.1, 0.15) is 12.0 Å². The first-order valence-corrected chi connectivity index (χ1v) is 8.32. The van der Waals surface area contributed by atoms with Crippen molar-refractivity contribution in [2.45, 2.75) is 51.2 Å². The average molecular weight is 315 g/mol. The number of fused-ring (bicyclic) bond motifs is 1. The molecule has 1 amide bonds. The Bertz CT molecular complexity index is 714. The quantitative estimate of drug-likeness (QED) is 0.909. The SMILES string of the molecule is O=C(Nc1cn(CC2CCC2)cn1)c1coc2c1C(O)CCC2. The summed E-state index contributed by atoms with van der Waals surface area (Å²) in [5, 5.41) is 12.9. The standard InChI is InChI=1S/C17H21N3O3/c21-13-5-2-6-14-16(13)12(9-23-14)17(22)19-15-8-20(10-18-15)7-11-3-1-4-11/h8-11,13,21H,1-7H2,(H,19,22). The number of nitrogens with zero attached hydrogens (tertiary/aromatic N) is 2. The number of furan rings is 1. The van der Waals surface area contributed by atoms with E-state index >= 15 is 0 Å². The van der Waals surface area contributed by atoms with Crippen LogP contribution in [0.5, 0.6) is 0 Å². The first-order chi connectivity index (χ1) is 11.2. The minimum atomic E-state index is -0.616. The smallest absolute Gasteiger partial charge is 0.260 e. The number of rotatable bonds is 4. The third-order valence-electron chi connectivity index (χ3n) is 4.94. The van der Waals surface area contributed by atoms with Gasteiger partial charge in [0.25, 0.3) is 5.91 Å². The fraction of sp³-hybridized carbons (Fsp3) is 0.529. The van der Waals surface area contributed by atoms with Gasteiger partial charge in [-0.05, 0) is 31.6 Å². The number of hydrogen-bond donors (Lipinski definition) is 2. The number of aliphatic hydroxyl groups excluding tert-OH is 1. The predicted octanol–water partition coefficient (Wildman–Crippen LogP) is 2.90. The number of aryl methyl sites for hydroxylation is 1. The second kappa shape index (κ2) is 5.85. The van der Waals surface area contributed by atoms with Crippen molar-refractivity contribution >= 4 is 11.7 Å². The second-order valence-electron chi connectivity index (χ2n) is 6.60. The van der Waals surface area contributed by atoms with Gasteiger partial charge < -0.3 is 19.4 Å². The van der Waals surface area contributed by atoms with E-state index in [1.807, 2.05) is 10.8 Å². The third-order valence-corrected chi connectivity index (χ3v) is 4.94. The van der Waals surface area contributed by atoms with E-state index in [-0.39, 0.29) is 5.91 Å². The summed E-state index contributed by atoms with van der Waals surface area (Å²) in [6.07, 6.45) is 10.6. The number of carbonyl (C=O) groups excluding carboxylic acids is 1. The molecule has 0 saturated heterocycles. The molecular weight excluding hydrogens is 294 g/mol. The zero-order chi connectivity index (χ0) is 15.8. The van der Waals surface area contributed by atoms with Crippen molar-refractivity contribution in [2.75, 3.05) is 5.32 Å². The molecule has 4 rings (SSSR count). The molecular formula is C17H21N3O3. The fourth-order valence-corrected chi connectivity index (χ4v) is 3.42. The molecule has 2 aromatic rings. The van der Waals surface area contributed by atoms with Crippen molar-refractivity contribution in [3.63, 3.8) is 0 Å². The van der Waals surface area contributed by atoms with Crippen LogP contribution in [0.25, 0.3) is 0 Å². The molecule has 2 aliphatic carbocycles. The molecule has 1 saturated carbocycles. The molecule has 1 atom stereocenters. The lowest BCUT2D eigenvalue weighted by Gasteiger charge is -2.25. The Hall–Kier alpha value is -2.08. The van der Waals surface area contributed by atoms with E-state index in [1.54, 1.807) is 6.33 Å². The Labute approximate surface area is 134 Å². The van der Waals surface area contributed by atoms with Crippen LogP contribution in [-0.2, 0) is 13.0 Å². The van der Waals surface area contributed by atoms with Crippen molar-refractivity contribution in [3.05, 3.63) is 35.7 Å². The first-order valence-electron chi connectivity index (χ1n) is 8.32. The summed E-state index contributed by atoms with van der Waals surface area (Å²) in [4.78, 5) is 16.7. The molecule has 2 N–H and O–H groups in total. The fourth-order valence-electron chi connectivity index (χ4n) is 3.42. The zero-order valence-corrected chi connectivity index (χ0v) is 13.0. The maximum atomic E-state index is 12.5. The normalized spacial score (nSPS) is 20.8. The molecule has 0 radical (unpaired) electrons. The molecule has 0 aliphatic heterocycles. The summed E-state index contributed by atoms with van der Waals surface area (Å²) in [6.45, 7) is 0.961. The van der Waals surface area contributed by atoms with Gasteiger partial charge in [-0.25, -0.2) is 4.98 Å². The summed E-state index contributed by atoms with van der Waals surface area (Å²) in [5.41, 5.74) is 1.06. The topological polar surface area (TPSA) is 80.3 Å². The van der Waals surface area contributed by atoms with Crippen molar-refractivity contribution in [3.8, 4) is 0 Å². The lowest BCUT2D eigenvalue weighted by atomic mass is 9.85. The van der Waals surface area contributed by atoms with Crippen molar-refractivity contribution in [2.24, 2.45) is 5.92 Å². The molecule has 6 nitrogen and oxygen atoms in total. The minimum absolute atomic E-state index is 0.273. The number of anilines is 1. The van der Waals surface area contributed by atoms with E-state index in [4.69, 9.17) is 4.42 Å². The van der Waals surface area contributed by atoms with Crippen molar-refractivity contribution in [1.29, 1.82) is 0 Å². The number of aromatic nitrogens is 2. The highest BCUT2D eigenvalue weighted by Crippen LogP contribution is 2.34. The monoisotopic (exact) mass is 315 g/mol. The van der Waals surface area contributed by atoms with E-state index in [0.717, 1.165) is 31.1 Å². The number of imidazole rings is 1. The van der Waals surface area contributed by atoms with Gasteiger partial charge in [0.15, 0.2) is 5.82 Å². The summed E-state index contributed by atoms with van der Waals surface area (Å²) >= 11 is 0. The van der Waals surface area contributed by atoms with E-state index in [0.29, 0.717) is 23.4 Å². The van der Waals surface area contributed by atoms with E-state index in [9.17, 15) is 9.90 Å². The first kappa shape index (κ1) is 14.5. The molecule has 1 fully saturated rings. The number of amides is 1. The van der Waals surface area contributed by atoms with Crippen LogP contribution in [0.2, 0.25) is 0 Å². The second-order valence-corrected chi connectivity index (χ2v) is 6.60. The van der Waals surface area contributed by atoms with Crippen LogP contribution in [0, 0.1) is 5.92 Å². The molecule has 122 valence electrons. The number of carbonyl (C=O) groups is 1. The van der Waals surface area contributed by atoms with Gasteiger partial charge in [0.2, 0.25) is 0 Å². The van der Waals surface area contributed by atoms with Gasteiger partial charge in [0, 0.05) is 24.7 Å². The molecule has 2 aromatic heterocycles. The summed E-state index contributed by atoms with van der Waals surface area (Å²) in [7, 11) is 0. The predicted molar refractivity (Wildman–Crippen MR) is 84.1 cm³/mol. The Kier molecular flexibility index (Phi) is 3.69. The molecule has 23 heavy (non-hydrogen) atoms. The van der Waals surface area contributed by atoms with Crippen LogP contribution < -0.4 is 5.32 Å². The number of hydrogen-bond acceptors (Lipinski definition) is 4. The Morgan fingerprint density at radius 3 is 3.04 bits per heavy atom. The van der Waals surface area contributed by atoms with Crippen LogP contribution >= 0.6 is 0 Å². The maximum absolute atomic E-state index is 12.5. The van der Waals surface area contributed by atoms with Crippen LogP contribution in [0.15, 0.2) is 23.2 Å². The van der Waals surface area contributed by atoms with Crippen LogP contribution in [0.4, 0.5) is 5.82 Å². The Morgan fingerprint density at radius 1 is 1.39 bits per heavy atom. The van der Waals surface area contributed by atoms with Crippen molar-refractivity contribution < 1.29 is 14.3 Å². The van der Waals surface area contributed by atoms with Crippen LogP contribution in [0.3, 0.4) is 0 Å². The molecule has 2 heterocycles. The van der Waals surface area contributed by atoms with E-state index < -0.39 is 6.10 Å². The van der Waals surface area contributed by atoms with E-state index in [2.05, 4.69) is 10.3 Å². The van der Waals surface area contributed by atoms with Crippen LogP contribution in [0.1, 0.15) is 59.9 Å². The molecule has 0 bridgehead atoms. The Balaban J connectivity index is 1.46. The van der Waals surface area contributed by atoms with Crippen LogP contribution in [-0.4, -0.2) is 20.6 Å². The molecule has 2 aliphatic rings. The molecule has 1 unspecified atom stereocenters. The van der Waals surface area contributed by atoms with Gasteiger partial charge in [-0.15, -0.1) is 0 Å². The number of nitrogens with one attached hydrogen (secondary N) is 1.